The Morgan fingerprint density at radius 2 is 1.74 bits per heavy atom. The van der Waals surface area contributed by atoms with Crippen molar-refractivity contribution in [2.75, 3.05) is 38.0 Å². The average molecular weight is 602 g/mol. The number of fused-ring (bicyclic) bond motifs is 1. The molecule has 43 heavy (non-hydrogen) atoms. The number of carbonyl (C=O) groups excluding carboxylic acids is 2. The van der Waals surface area contributed by atoms with Crippen molar-refractivity contribution in [1.82, 2.24) is 20.1 Å². The highest BCUT2D eigenvalue weighted by atomic mass is 32.2. The van der Waals surface area contributed by atoms with Gasteiger partial charge in [-0.15, -0.1) is 10.2 Å². The van der Waals surface area contributed by atoms with Crippen LogP contribution in [-0.2, 0) is 17.8 Å². The number of unbranched alkanes of at least 4 members (excludes halogenated alkanes) is 1. The molecule has 0 unspecified atom stereocenters. The molecule has 0 aliphatic carbocycles. The Labute approximate surface area is 255 Å². The first-order chi connectivity index (χ1) is 21.0. The van der Waals surface area contributed by atoms with Crippen molar-refractivity contribution in [3.8, 4) is 22.9 Å². The van der Waals surface area contributed by atoms with Gasteiger partial charge in [-0.3, -0.25) is 14.2 Å². The summed E-state index contributed by atoms with van der Waals surface area (Å²) in [6, 6.07) is 20.4. The lowest BCUT2D eigenvalue weighted by Crippen LogP contribution is -2.30. The fraction of sp³-hybridized carbons (Fsp3) is 0.312. The predicted molar refractivity (Wildman–Crippen MR) is 166 cm³/mol. The number of rotatable bonds is 13. The lowest BCUT2D eigenvalue weighted by Gasteiger charge is -2.18. The molecule has 0 radical (unpaired) electrons. The molecule has 0 bridgehead atoms. The number of nitrogens with one attached hydrogen (secondary N) is 1. The van der Waals surface area contributed by atoms with Crippen molar-refractivity contribution in [1.29, 1.82) is 0 Å². The largest absolute Gasteiger partial charge is 0.497 e. The predicted octanol–water partition coefficient (Wildman–Crippen LogP) is 5.07. The summed E-state index contributed by atoms with van der Waals surface area (Å²) in [5.41, 5.74) is 3.25. The van der Waals surface area contributed by atoms with Gasteiger partial charge in [-0.2, -0.15) is 0 Å². The van der Waals surface area contributed by atoms with Crippen LogP contribution in [0.1, 0.15) is 41.5 Å². The number of benzene rings is 3. The Morgan fingerprint density at radius 3 is 2.51 bits per heavy atom. The smallest absolute Gasteiger partial charge is 0.251 e. The van der Waals surface area contributed by atoms with E-state index in [2.05, 4.69) is 28.5 Å². The lowest BCUT2D eigenvalue weighted by molar-refractivity contribution is -0.116. The molecule has 1 N–H and O–H groups in total. The third kappa shape index (κ3) is 6.94. The van der Waals surface area contributed by atoms with Gasteiger partial charge < -0.3 is 24.4 Å². The summed E-state index contributed by atoms with van der Waals surface area (Å²) in [4.78, 5) is 28.1. The summed E-state index contributed by atoms with van der Waals surface area (Å²) >= 11 is 1.28. The topological polar surface area (TPSA) is 108 Å². The zero-order valence-corrected chi connectivity index (χ0v) is 25.4. The van der Waals surface area contributed by atoms with Gasteiger partial charge in [-0.05, 0) is 60.9 Å². The second kappa shape index (κ2) is 14.1. The summed E-state index contributed by atoms with van der Waals surface area (Å²) in [5, 5.41) is 12.2. The number of ether oxygens (including phenoxy) is 3. The molecule has 5 rings (SSSR count). The molecular formula is C32H35N5O5S. The zero-order chi connectivity index (χ0) is 30.2. The zero-order valence-electron chi connectivity index (χ0n) is 24.5. The minimum Gasteiger partial charge on any atom is -0.497 e. The van der Waals surface area contributed by atoms with E-state index in [9.17, 15) is 9.59 Å². The Hall–Kier alpha value is -4.51. The van der Waals surface area contributed by atoms with E-state index in [0.717, 1.165) is 30.7 Å². The average Bonchev–Trinajstić information content (AvgIpc) is 3.67. The van der Waals surface area contributed by atoms with Gasteiger partial charge in [0.05, 0.1) is 38.8 Å². The van der Waals surface area contributed by atoms with Crippen molar-refractivity contribution in [3.63, 3.8) is 0 Å². The third-order valence-corrected chi connectivity index (χ3v) is 8.04. The SMILES string of the molecule is CCCCOc1ccc(C(=O)NCc2nnc(SCC(=O)N3CCc4ccccc43)n2-c2cc(OC)ccc2OC)cc1. The summed E-state index contributed by atoms with van der Waals surface area (Å²) in [6.45, 7) is 3.49. The number of para-hydroxylation sites is 1. The van der Waals surface area contributed by atoms with Crippen LogP contribution in [0.2, 0.25) is 0 Å². The first-order valence-electron chi connectivity index (χ1n) is 14.2. The summed E-state index contributed by atoms with van der Waals surface area (Å²) < 4.78 is 18.6. The van der Waals surface area contributed by atoms with E-state index in [1.54, 1.807) is 55.2 Å². The van der Waals surface area contributed by atoms with Crippen molar-refractivity contribution in [2.45, 2.75) is 37.9 Å². The maximum atomic E-state index is 13.3. The van der Waals surface area contributed by atoms with Crippen LogP contribution >= 0.6 is 11.8 Å². The van der Waals surface area contributed by atoms with Gasteiger partial charge in [0.2, 0.25) is 5.91 Å². The highest BCUT2D eigenvalue weighted by Gasteiger charge is 2.26. The van der Waals surface area contributed by atoms with E-state index < -0.39 is 0 Å². The van der Waals surface area contributed by atoms with Crippen LogP contribution in [-0.4, -0.2) is 59.7 Å². The Kier molecular flexibility index (Phi) is 9.83. The molecule has 0 atom stereocenters. The number of hydrogen-bond donors (Lipinski definition) is 1. The van der Waals surface area contributed by atoms with Gasteiger partial charge >= 0.3 is 0 Å². The van der Waals surface area contributed by atoms with Crippen LogP contribution in [0.3, 0.4) is 0 Å². The number of hydrogen-bond acceptors (Lipinski definition) is 8. The normalized spacial score (nSPS) is 12.1. The molecule has 0 spiro atoms. The Bertz CT molecular complexity index is 1570. The number of methoxy groups -OCH3 is 2. The molecule has 3 aromatic carbocycles. The van der Waals surface area contributed by atoms with Gasteiger partial charge in [0, 0.05) is 23.9 Å². The maximum absolute atomic E-state index is 13.3. The van der Waals surface area contributed by atoms with Gasteiger partial charge in [0.25, 0.3) is 5.91 Å². The van der Waals surface area contributed by atoms with Crippen LogP contribution in [0, 0.1) is 0 Å². The minimum absolute atomic E-state index is 0.0147. The van der Waals surface area contributed by atoms with E-state index in [4.69, 9.17) is 14.2 Å². The highest BCUT2D eigenvalue weighted by molar-refractivity contribution is 7.99. The number of aromatic nitrogens is 3. The second-order valence-corrected chi connectivity index (χ2v) is 10.8. The first-order valence-corrected chi connectivity index (χ1v) is 15.2. The van der Waals surface area contributed by atoms with E-state index in [-0.39, 0.29) is 24.1 Å². The molecule has 4 aromatic rings. The van der Waals surface area contributed by atoms with Gasteiger partial charge in [0.1, 0.15) is 17.2 Å². The van der Waals surface area contributed by atoms with Gasteiger partial charge in [-0.1, -0.05) is 43.3 Å². The fourth-order valence-electron chi connectivity index (χ4n) is 4.82. The van der Waals surface area contributed by atoms with Crippen molar-refractivity contribution in [2.24, 2.45) is 0 Å². The summed E-state index contributed by atoms with van der Waals surface area (Å²) in [7, 11) is 3.16. The molecule has 1 aliphatic rings. The molecule has 0 fully saturated rings. The Balaban J connectivity index is 1.35. The summed E-state index contributed by atoms with van der Waals surface area (Å²) in [5.74, 6) is 2.26. The van der Waals surface area contributed by atoms with Crippen LogP contribution in [0.25, 0.3) is 5.69 Å². The number of amides is 2. The standard InChI is InChI=1S/C32H35N5O5S/c1-4-5-18-42-24-12-10-23(11-13-24)31(39)33-20-29-34-35-32(37(29)27-19-25(40-2)14-15-28(27)41-3)43-21-30(38)36-17-16-22-8-6-7-9-26(22)36/h6-15,19H,4-5,16-18,20-21H2,1-3H3,(H,33,39). The van der Waals surface area contributed by atoms with Crippen molar-refractivity contribution >= 4 is 29.3 Å². The molecule has 0 saturated heterocycles. The monoisotopic (exact) mass is 601 g/mol. The molecule has 1 aromatic heterocycles. The van der Waals surface area contributed by atoms with E-state index in [1.165, 1.54) is 17.3 Å². The number of carbonyl (C=O) groups is 2. The summed E-state index contributed by atoms with van der Waals surface area (Å²) in [6.07, 6.45) is 2.86. The van der Waals surface area contributed by atoms with Gasteiger partial charge in [0.15, 0.2) is 11.0 Å². The molecule has 0 saturated carbocycles. The van der Waals surface area contributed by atoms with E-state index >= 15 is 0 Å². The van der Waals surface area contributed by atoms with Crippen molar-refractivity contribution in [3.05, 3.63) is 83.7 Å². The van der Waals surface area contributed by atoms with E-state index in [0.29, 0.717) is 46.9 Å². The third-order valence-electron chi connectivity index (χ3n) is 7.13. The molecule has 224 valence electrons. The number of anilines is 1. The molecular weight excluding hydrogens is 566 g/mol. The molecule has 2 amide bonds. The molecule has 1 aliphatic heterocycles. The first kappa shape index (κ1) is 30.0. The molecule has 2 heterocycles. The second-order valence-electron chi connectivity index (χ2n) is 9.89. The van der Waals surface area contributed by atoms with Crippen molar-refractivity contribution < 1.29 is 23.8 Å². The lowest BCUT2D eigenvalue weighted by atomic mass is 10.2. The van der Waals surface area contributed by atoms with Crippen LogP contribution in [0.5, 0.6) is 17.2 Å². The van der Waals surface area contributed by atoms with Gasteiger partial charge in [-0.25, -0.2) is 0 Å². The Morgan fingerprint density at radius 1 is 0.953 bits per heavy atom. The van der Waals surface area contributed by atoms with Crippen LogP contribution < -0.4 is 24.4 Å². The molecule has 10 nitrogen and oxygen atoms in total. The van der Waals surface area contributed by atoms with E-state index in [1.807, 2.05) is 29.2 Å². The molecule has 11 heteroatoms. The van der Waals surface area contributed by atoms with Crippen LogP contribution in [0.15, 0.2) is 71.9 Å². The maximum Gasteiger partial charge on any atom is 0.251 e. The number of thioether (sulfide) groups is 1. The fourth-order valence-corrected chi connectivity index (χ4v) is 5.66. The highest BCUT2D eigenvalue weighted by Crippen LogP contribution is 2.33. The number of nitrogens with zero attached hydrogens (tertiary/aromatic N) is 4. The minimum atomic E-state index is -0.260. The van der Waals surface area contributed by atoms with Crippen LogP contribution in [0.4, 0.5) is 5.69 Å². The quantitative estimate of drug-likeness (QED) is 0.167.